The summed E-state index contributed by atoms with van der Waals surface area (Å²) in [4.78, 5) is 15.9. The molecule has 1 saturated heterocycles. The SMILES string of the molecule is COc1ccc2c(c1)[C@H]1NC(=S)N(c3cccc(C)c3)[C@](C)(O2)[C@@H]1C(=O)Nc1ccc(C)cc1C. The van der Waals surface area contributed by atoms with Gasteiger partial charge in [-0.15, -0.1) is 0 Å². The first kappa shape index (κ1) is 23.2. The third-order valence-corrected chi connectivity index (χ3v) is 7.19. The van der Waals surface area contributed by atoms with Gasteiger partial charge >= 0.3 is 0 Å². The number of rotatable bonds is 4. The van der Waals surface area contributed by atoms with Gasteiger partial charge in [-0.25, -0.2) is 0 Å². The minimum absolute atomic E-state index is 0.148. The van der Waals surface area contributed by atoms with E-state index in [0.717, 1.165) is 33.6 Å². The molecule has 0 aromatic heterocycles. The summed E-state index contributed by atoms with van der Waals surface area (Å²) >= 11 is 5.85. The van der Waals surface area contributed by atoms with Crippen molar-refractivity contribution in [2.75, 3.05) is 17.3 Å². The quantitative estimate of drug-likeness (QED) is 0.479. The van der Waals surface area contributed by atoms with Crippen molar-refractivity contribution < 1.29 is 14.3 Å². The van der Waals surface area contributed by atoms with Crippen molar-refractivity contribution in [3.8, 4) is 11.5 Å². The van der Waals surface area contributed by atoms with Crippen LogP contribution in [0.25, 0.3) is 0 Å². The summed E-state index contributed by atoms with van der Waals surface area (Å²) in [5.41, 5.74) is 4.66. The van der Waals surface area contributed by atoms with Crippen molar-refractivity contribution in [3.63, 3.8) is 0 Å². The van der Waals surface area contributed by atoms with Crippen LogP contribution in [0, 0.1) is 26.7 Å². The zero-order chi connectivity index (χ0) is 24.9. The van der Waals surface area contributed by atoms with Crippen molar-refractivity contribution in [1.29, 1.82) is 0 Å². The summed E-state index contributed by atoms with van der Waals surface area (Å²) < 4.78 is 12.1. The van der Waals surface area contributed by atoms with E-state index in [0.29, 0.717) is 16.6 Å². The monoisotopic (exact) mass is 487 g/mol. The molecular weight excluding hydrogens is 458 g/mol. The van der Waals surface area contributed by atoms with Gasteiger partial charge in [0.05, 0.1) is 13.2 Å². The number of aryl methyl sites for hydroxylation is 3. The Morgan fingerprint density at radius 3 is 2.57 bits per heavy atom. The van der Waals surface area contributed by atoms with Crippen LogP contribution in [0.1, 0.15) is 35.2 Å². The van der Waals surface area contributed by atoms with Crippen LogP contribution >= 0.6 is 12.2 Å². The lowest BCUT2D eigenvalue weighted by Gasteiger charge is -2.56. The van der Waals surface area contributed by atoms with Crippen molar-refractivity contribution in [2.24, 2.45) is 5.92 Å². The van der Waals surface area contributed by atoms with E-state index in [-0.39, 0.29) is 5.91 Å². The zero-order valence-corrected chi connectivity index (χ0v) is 21.3. The highest BCUT2D eigenvalue weighted by Gasteiger charge is 2.59. The molecule has 0 aliphatic carbocycles. The molecule has 0 unspecified atom stereocenters. The van der Waals surface area contributed by atoms with Crippen LogP contribution in [-0.4, -0.2) is 23.9 Å². The normalized spacial score (nSPS) is 22.5. The lowest BCUT2D eigenvalue weighted by atomic mass is 9.78. The van der Waals surface area contributed by atoms with E-state index >= 15 is 0 Å². The number of amides is 1. The predicted octanol–water partition coefficient (Wildman–Crippen LogP) is 5.42. The summed E-state index contributed by atoms with van der Waals surface area (Å²) in [6.07, 6.45) is 0. The van der Waals surface area contributed by atoms with Gasteiger partial charge in [-0.2, -0.15) is 0 Å². The Morgan fingerprint density at radius 2 is 1.86 bits per heavy atom. The Kier molecular flexibility index (Phi) is 5.68. The number of carbonyl (C=O) groups is 1. The van der Waals surface area contributed by atoms with Crippen LogP contribution in [0.4, 0.5) is 11.4 Å². The standard InChI is InChI=1S/C28H29N3O3S/c1-16-7-6-8-19(14-16)31-27(35)30-25-21-15-20(33-5)10-12-23(21)34-28(31,4)24(25)26(32)29-22-11-9-17(2)13-18(22)3/h6-15,24-25H,1-5H3,(H,29,32)(H,30,35)/t24-,25+,28+/m0/s1. The van der Waals surface area contributed by atoms with Gasteiger partial charge in [0.15, 0.2) is 10.8 Å². The fourth-order valence-electron chi connectivity index (χ4n) is 5.21. The second kappa shape index (κ2) is 8.57. The van der Waals surface area contributed by atoms with Gasteiger partial charge in [0.25, 0.3) is 0 Å². The van der Waals surface area contributed by atoms with Crippen molar-refractivity contribution in [2.45, 2.75) is 39.5 Å². The topological polar surface area (TPSA) is 62.8 Å². The van der Waals surface area contributed by atoms with E-state index in [1.165, 1.54) is 0 Å². The van der Waals surface area contributed by atoms with E-state index in [4.69, 9.17) is 21.7 Å². The molecule has 1 amide bonds. The van der Waals surface area contributed by atoms with Crippen LogP contribution in [-0.2, 0) is 4.79 Å². The molecule has 7 heteroatoms. The molecule has 6 nitrogen and oxygen atoms in total. The van der Waals surface area contributed by atoms with Crippen LogP contribution in [0.15, 0.2) is 60.7 Å². The van der Waals surface area contributed by atoms with E-state index in [9.17, 15) is 4.79 Å². The minimum atomic E-state index is -1.06. The largest absolute Gasteiger partial charge is 0.497 e. The van der Waals surface area contributed by atoms with E-state index in [2.05, 4.69) is 16.7 Å². The second-order valence-electron chi connectivity index (χ2n) is 9.45. The van der Waals surface area contributed by atoms with E-state index in [1.807, 2.05) is 87.2 Å². The molecular formula is C28H29N3O3S. The first-order valence-corrected chi connectivity index (χ1v) is 12.0. The van der Waals surface area contributed by atoms with Gasteiger partial charge < -0.3 is 20.1 Å². The smallest absolute Gasteiger partial charge is 0.236 e. The molecule has 1 fully saturated rings. The van der Waals surface area contributed by atoms with Gasteiger partial charge in [0.2, 0.25) is 5.91 Å². The number of hydrogen-bond donors (Lipinski definition) is 2. The van der Waals surface area contributed by atoms with Crippen LogP contribution in [0.3, 0.4) is 0 Å². The lowest BCUT2D eigenvalue weighted by Crippen LogP contribution is -2.72. The highest BCUT2D eigenvalue weighted by Crippen LogP contribution is 2.50. The second-order valence-corrected chi connectivity index (χ2v) is 9.83. The number of nitrogens with zero attached hydrogens (tertiary/aromatic N) is 1. The Hall–Kier alpha value is -3.58. The van der Waals surface area contributed by atoms with Gasteiger partial charge in [-0.05, 0) is 87.4 Å². The van der Waals surface area contributed by atoms with Gasteiger partial charge in [0.1, 0.15) is 17.4 Å². The molecule has 180 valence electrons. The van der Waals surface area contributed by atoms with E-state index in [1.54, 1.807) is 7.11 Å². The molecule has 0 radical (unpaired) electrons. The predicted molar refractivity (Wildman–Crippen MR) is 142 cm³/mol. The third-order valence-electron chi connectivity index (χ3n) is 6.89. The summed E-state index contributed by atoms with van der Waals surface area (Å²) in [5, 5.41) is 7.12. The molecule has 2 aliphatic rings. The van der Waals surface area contributed by atoms with Crippen molar-refractivity contribution in [3.05, 3.63) is 82.9 Å². The molecule has 0 spiro atoms. The highest BCUT2D eigenvalue weighted by atomic mass is 32.1. The molecule has 3 aromatic carbocycles. The van der Waals surface area contributed by atoms with E-state index < -0.39 is 17.7 Å². The molecule has 5 rings (SSSR count). The maximum absolute atomic E-state index is 14.0. The Bertz CT molecular complexity index is 1340. The number of benzene rings is 3. The molecule has 3 aromatic rings. The maximum atomic E-state index is 14.0. The molecule has 3 atom stereocenters. The Balaban J connectivity index is 1.64. The number of ether oxygens (including phenoxy) is 2. The Morgan fingerprint density at radius 1 is 1.09 bits per heavy atom. The van der Waals surface area contributed by atoms with Crippen LogP contribution < -0.4 is 25.0 Å². The first-order valence-electron chi connectivity index (χ1n) is 11.6. The van der Waals surface area contributed by atoms with Gasteiger partial charge in [-0.3, -0.25) is 9.69 Å². The molecule has 2 heterocycles. The fourth-order valence-corrected chi connectivity index (χ4v) is 5.62. The summed E-state index contributed by atoms with van der Waals surface area (Å²) in [6, 6.07) is 19.3. The first-order chi connectivity index (χ1) is 16.7. The third kappa shape index (κ3) is 3.90. The Labute approximate surface area is 211 Å². The molecule has 2 bridgehead atoms. The number of methoxy groups -OCH3 is 1. The average molecular weight is 488 g/mol. The van der Waals surface area contributed by atoms with Gasteiger partial charge in [0, 0.05) is 16.9 Å². The fraction of sp³-hybridized carbons (Fsp3) is 0.286. The maximum Gasteiger partial charge on any atom is 0.236 e. The number of hydrogen-bond acceptors (Lipinski definition) is 4. The van der Waals surface area contributed by atoms with Crippen LogP contribution in [0.5, 0.6) is 11.5 Å². The number of anilines is 2. The highest BCUT2D eigenvalue weighted by molar-refractivity contribution is 7.80. The summed E-state index contributed by atoms with van der Waals surface area (Å²) in [6.45, 7) is 8.00. The van der Waals surface area contributed by atoms with Gasteiger partial charge in [-0.1, -0.05) is 29.8 Å². The molecule has 2 N–H and O–H groups in total. The molecule has 0 saturated carbocycles. The molecule has 35 heavy (non-hydrogen) atoms. The number of fused-ring (bicyclic) bond motifs is 4. The average Bonchev–Trinajstić information content (AvgIpc) is 2.80. The van der Waals surface area contributed by atoms with Crippen molar-refractivity contribution in [1.82, 2.24) is 5.32 Å². The van der Waals surface area contributed by atoms with Crippen LogP contribution in [0.2, 0.25) is 0 Å². The zero-order valence-electron chi connectivity index (χ0n) is 20.5. The number of nitrogens with one attached hydrogen (secondary N) is 2. The summed E-state index contributed by atoms with van der Waals surface area (Å²) in [7, 11) is 1.62. The summed E-state index contributed by atoms with van der Waals surface area (Å²) in [5.74, 6) is 0.625. The molecule has 2 aliphatic heterocycles. The van der Waals surface area contributed by atoms with Crippen molar-refractivity contribution >= 4 is 34.6 Å². The minimum Gasteiger partial charge on any atom is -0.497 e. The number of carbonyl (C=O) groups excluding carboxylic acids is 1. The number of thiocarbonyl (C=S) groups is 1. The lowest BCUT2D eigenvalue weighted by molar-refractivity contribution is -0.130.